The molecule has 3 nitrogen and oxygen atoms in total. The Labute approximate surface area is 113 Å². The van der Waals surface area contributed by atoms with E-state index >= 15 is 0 Å². The molecule has 1 aromatic carbocycles. The van der Waals surface area contributed by atoms with Crippen molar-refractivity contribution in [3.8, 4) is 0 Å². The SMILES string of the molecule is CC1=C(C)C(=O)N([C@H](C)CCc2ccccc2)C1=O. The Bertz CT molecular complexity index is 507. The average molecular weight is 257 g/mol. The predicted octanol–water partition coefficient (Wildman–Crippen LogP) is 2.71. The minimum Gasteiger partial charge on any atom is -0.272 e. The van der Waals surface area contributed by atoms with Crippen molar-refractivity contribution in [3.63, 3.8) is 0 Å². The van der Waals surface area contributed by atoms with Gasteiger partial charge in [0, 0.05) is 17.2 Å². The van der Waals surface area contributed by atoms with Crippen molar-refractivity contribution < 1.29 is 9.59 Å². The zero-order valence-corrected chi connectivity index (χ0v) is 11.6. The van der Waals surface area contributed by atoms with E-state index in [0.29, 0.717) is 11.1 Å². The summed E-state index contributed by atoms with van der Waals surface area (Å²) in [7, 11) is 0. The van der Waals surface area contributed by atoms with E-state index in [4.69, 9.17) is 0 Å². The zero-order chi connectivity index (χ0) is 14.0. The molecule has 0 saturated carbocycles. The number of hydrogen-bond donors (Lipinski definition) is 0. The topological polar surface area (TPSA) is 37.4 Å². The molecule has 0 radical (unpaired) electrons. The molecule has 0 aliphatic carbocycles. The van der Waals surface area contributed by atoms with Crippen LogP contribution in [-0.2, 0) is 16.0 Å². The third-order valence-corrected chi connectivity index (χ3v) is 3.78. The van der Waals surface area contributed by atoms with Gasteiger partial charge in [0.05, 0.1) is 0 Å². The molecule has 0 aromatic heterocycles. The second-order valence-electron chi connectivity index (χ2n) is 5.10. The van der Waals surface area contributed by atoms with Crippen molar-refractivity contribution in [3.05, 3.63) is 47.0 Å². The number of amides is 2. The molecule has 1 aliphatic heterocycles. The minimum atomic E-state index is -0.136. The molecule has 0 fully saturated rings. The first-order valence-corrected chi connectivity index (χ1v) is 6.61. The maximum absolute atomic E-state index is 12.0. The molecule has 2 rings (SSSR count). The van der Waals surface area contributed by atoms with Crippen LogP contribution in [-0.4, -0.2) is 22.8 Å². The summed E-state index contributed by atoms with van der Waals surface area (Å²) in [5.74, 6) is -0.272. The van der Waals surface area contributed by atoms with Crippen LogP contribution in [0.25, 0.3) is 0 Å². The molecule has 0 spiro atoms. The number of benzene rings is 1. The van der Waals surface area contributed by atoms with Crippen molar-refractivity contribution >= 4 is 11.8 Å². The number of hydrogen-bond acceptors (Lipinski definition) is 2. The van der Waals surface area contributed by atoms with Crippen LogP contribution in [0.4, 0.5) is 0 Å². The number of imide groups is 1. The van der Waals surface area contributed by atoms with Crippen molar-refractivity contribution in [2.24, 2.45) is 0 Å². The smallest absolute Gasteiger partial charge is 0.257 e. The molecule has 100 valence electrons. The van der Waals surface area contributed by atoms with Gasteiger partial charge in [-0.05, 0) is 39.2 Å². The maximum atomic E-state index is 12.0. The van der Waals surface area contributed by atoms with E-state index < -0.39 is 0 Å². The number of carbonyl (C=O) groups excluding carboxylic acids is 2. The van der Waals surface area contributed by atoms with Crippen molar-refractivity contribution in [1.82, 2.24) is 4.90 Å². The third-order valence-electron chi connectivity index (χ3n) is 3.78. The number of nitrogens with zero attached hydrogens (tertiary/aromatic N) is 1. The van der Waals surface area contributed by atoms with E-state index in [1.54, 1.807) is 13.8 Å². The highest BCUT2D eigenvalue weighted by Gasteiger charge is 2.36. The molecule has 1 atom stereocenters. The van der Waals surface area contributed by atoms with Gasteiger partial charge in [-0.3, -0.25) is 14.5 Å². The van der Waals surface area contributed by atoms with Gasteiger partial charge in [-0.2, -0.15) is 0 Å². The molecule has 3 heteroatoms. The molecule has 0 bridgehead atoms. The molecule has 19 heavy (non-hydrogen) atoms. The lowest BCUT2D eigenvalue weighted by atomic mass is 10.1. The second kappa shape index (κ2) is 5.39. The number of carbonyl (C=O) groups is 2. The first-order chi connectivity index (χ1) is 9.02. The first kappa shape index (κ1) is 13.5. The van der Waals surface area contributed by atoms with Crippen LogP contribution in [0.2, 0.25) is 0 Å². The summed E-state index contributed by atoms with van der Waals surface area (Å²) < 4.78 is 0. The lowest BCUT2D eigenvalue weighted by molar-refractivity contribution is -0.140. The molecule has 2 amide bonds. The molecule has 1 heterocycles. The van der Waals surface area contributed by atoms with Crippen molar-refractivity contribution in [1.29, 1.82) is 0 Å². The van der Waals surface area contributed by atoms with Crippen molar-refractivity contribution in [2.75, 3.05) is 0 Å². The van der Waals surface area contributed by atoms with Crippen LogP contribution >= 0.6 is 0 Å². The van der Waals surface area contributed by atoms with E-state index in [0.717, 1.165) is 12.8 Å². The maximum Gasteiger partial charge on any atom is 0.257 e. The van der Waals surface area contributed by atoms with Crippen LogP contribution < -0.4 is 0 Å². The van der Waals surface area contributed by atoms with Gasteiger partial charge < -0.3 is 0 Å². The molecular weight excluding hydrogens is 238 g/mol. The molecular formula is C16H19NO2. The fraction of sp³-hybridized carbons (Fsp3) is 0.375. The summed E-state index contributed by atoms with van der Waals surface area (Å²) in [5.41, 5.74) is 2.39. The van der Waals surface area contributed by atoms with Gasteiger partial charge in [0.15, 0.2) is 0 Å². The summed E-state index contributed by atoms with van der Waals surface area (Å²) in [5, 5.41) is 0. The normalized spacial score (nSPS) is 17.3. The monoisotopic (exact) mass is 257 g/mol. The standard InChI is InChI=1S/C16H19NO2/c1-11(9-10-14-7-5-4-6-8-14)17-15(18)12(2)13(3)16(17)19/h4-8,11H,9-10H2,1-3H3/t11-/m1/s1. The highest BCUT2D eigenvalue weighted by atomic mass is 16.2. The summed E-state index contributed by atoms with van der Waals surface area (Å²) in [6.07, 6.45) is 1.67. The Balaban J connectivity index is 2.00. The summed E-state index contributed by atoms with van der Waals surface area (Å²) >= 11 is 0. The molecule has 1 aliphatic rings. The Morgan fingerprint density at radius 1 is 1.00 bits per heavy atom. The predicted molar refractivity (Wildman–Crippen MR) is 74.5 cm³/mol. The van der Waals surface area contributed by atoms with E-state index in [2.05, 4.69) is 12.1 Å². The molecule has 1 aromatic rings. The van der Waals surface area contributed by atoms with Crippen molar-refractivity contribution in [2.45, 2.75) is 39.7 Å². The van der Waals surface area contributed by atoms with E-state index in [-0.39, 0.29) is 17.9 Å². The quantitative estimate of drug-likeness (QED) is 0.778. The highest BCUT2D eigenvalue weighted by Crippen LogP contribution is 2.23. The van der Waals surface area contributed by atoms with Gasteiger partial charge in [-0.15, -0.1) is 0 Å². The summed E-state index contributed by atoms with van der Waals surface area (Å²) in [6, 6.07) is 10.1. The Kier molecular flexibility index (Phi) is 3.84. The van der Waals surface area contributed by atoms with Crippen LogP contribution in [0.3, 0.4) is 0 Å². The molecule has 0 N–H and O–H groups in total. The van der Waals surface area contributed by atoms with Crippen LogP contribution in [0.15, 0.2) is 41.5 Å². The fourth-order valence-corrected chi connectivity index (χ4v) is 2.32. The molecule has 0 unspecified atom stereocenters. The van der Waals surface area contributed by atoms with Gasteiger partial charge >= 0.3 is 0 Å². The van der Waals surface area contributed by atoms with Gasteiger partial charge in [-0.25, -0.2) is 0 Å². The Morgan fingerprint density at radius 3 is 2.05 bits per heavy atom. The largest absolute Gasteiger partial charge is 0.272 e. The lowest BCUT2D eigenvalue weighted by Gasteiger charge is -2.23. The lowest BCUT2D eigenvalue weighted by Crippen LogP contribution is -2.39. The minimum absolute atomic E-state index is 0.0624. The third kappa shape index (κ3) is 2.60. The number of rotatable bonds is 4. The average Bonchev–Trinajstić information content (AvgIpc) is 2.62. The summed E-state index contributed by atoms with van der Waals surface area (Å²) in [6.45, 7) is 5.38. The van der Waals surface area contributed by atoms with Gasteiger partial charge in [0.2, 0.25) is 0 Å². The van der Waals surface area contributed by atoms with Crippen LogP contribution in [0.5, 0.6) is 0 Å². The van der Waals surface area contributed by atoms with Gasteiger partial charge in [0.1, 0.15) is 0 Å². The van der Waals surface area contributed by atoms with Crippen LogP contribution in [0, 0.1) is 0 Å². The van der Waals surface area contributed by atoms with E-state index in [1.807, 2.05) is 25.1 Å². The Morgan fingerprint density at radius 2 is 1.53 bits per heavy atom. The van der Waals surface area contributed by atoms with Gasteiger partial charge in [0.25, 0.3) is 11.8 Å². The van der Waals surface area contributed by atoms with E-state index in [1.165, 1.54) is 10.5 Å². The van der Waals surface area contributed by atoms with Crippen LogP contribution in [0.1, 0.15) is 32.8 Å². The summed E-state index contributed by atoms with van der Waals surface area (Å²) in [4.78, 5) is 25.4. The fourth-order valence-electron chi connectivity index (χ4n) is 2.32. The molecule has 0 saturated heterocycles. The Hall–Kier alpha value is -1.90. The highest BCUT2D eigenvalue weighted by molar-refractivity contribution is 6.18. The number of aryl methyl sites for hydroxylation is 1. The second-order valence-corrected chi connectivity index (χ2v) is 5.10. The zero-order valence-electron chi connectivity index (χ0n) is 11.6. The first-order valence-electron chi connectivity index (χ1n) is 6.61. The van der Waals surface area contributed by atoms with Gasteiger partial charge in [-0.1, -0.05) is 30.3 Å². The van der Waals surface area contributed by atoms with E-state index in [9.17, 15) is 9.59 Å².